The number of nitrogen functional groups attached to an aromatic ring is 1. The van der Waals surface area contributed by atoms with E-state index in [0.717, 1.165) is 0 Å². The van der Waals surface area contributed by atoms with Crippen LogP contribution in [0.1, 0.15) is 12.5 Å². The molecular formula is C11H17ClN2O3S. The Kier molecular flexibility index (Phi) is 4.98. The van der Waals surface area contributed by atoms with Gasteiger partial charge in [-0.15, -0.1) is 0 Å². The first-order chi connectivity index (χ1) is 8.27. The van der Waals surface area contributed by atoms with Gasteiger partial charge in [-0.3, -0.25) is 0 Å². The zero-order valence-corrected chi connectivity index (χ0v) is 12.1. The molecule has 0 fully saturated rings. The van der Waals surface area contributed by atoms with Crippen molar-refractivity contribution in [2.45, 2.75) is 24.8 Å². The van der Waals surface area contributed by atoms with Crippen LogP contribution in [-0.4, -0.2) is 28.2 Å². The molecular weight excluding hydrogens is 276 g/mol. The summed E-state index contributed by atoms with van der Waals surface area (Å²) in [6, 6.07) is 2.51. The zero-order valence-electron chi connectivity index (χ0n) is 10.5. The highest BCUT2D eigenvalue weighted by Crippen LogP contribution is 2.26. The molecule has 0 radical (unpaired) electrons. The lowest BCUT2D eigenvalue weighted by molar-refractivity contribution is 0.180. The summed E-state index contributed by atoms with van der Waals surface area (Å²) in [7, 11) is -2.10. The minimum absolute atomic E-state index is 0.102. The van der Waals surface area contributed by atoms with Crippen molar-refractivity contribution < 1.29 is 13.2 Å². The first kappa shape index (κ1) is 15.2. The number of nitrogens with one attached hydrogen (secondary N) is 1. The Labute approximate surface area is 112 Å². The lowest BCUT2D eigenvalue weighted by Gasteiger charge is -2.14. The summed E-state index contributed by atoms with van der Waals surface area (Å²) in [5, 5.41) is 0.374. The van der Waals surface area contributed by atoms with Crippen LogP contribution in [0.15, 0.2) is 17.0 Å². The highest BCUT2D eigenvalue weighted by molar-refractivity contribution is 7.89. The van der Waals surface area contributed by atoms with E-state index in [-0.39, 0.29) is 16.6 Å². The Morgan fingerprint density at radius 1 is 1.50 bits per heavy atom. The fourth-order valence-electron chi connectivity index (χ4n) is 1.53. The van der Waals surface area contributed by atoms with E-state index in [4.69, 9.17) is 22.1 Å². The Bertz CT molecular complexity index is 508. The zero-order chi connectivity index (χ0) is 13.9. The molecule has 0 aliphatic carbocycles. The second-order valence-electron chi connectivity index (χ2n) is 4.12. The average Bonchev–Trinajstić information content (AvgIpc) is 2.24. The van der Waals surface area contributed by atoms with Gasteiger partial charge in [0.2, 0.25) is 10.0 Å². The van der Waals surface area contributed by atoms with Gasteiger partial charge < -0.3 is 10.5 Å². The van der Waals surface area contributed by atoms with Gasteiger partial charge in [0.05, 0.1) is 22.2 Å². The molecule has 1 rings (SSSR count). The van der Waals surface area contributed by atoms with E-state index in [1.54, 1.807) is 13.8 Å². The predicted octanol–water partition coefficient (Wildman–Crippen LogP) is 1.54. The fourth-order valence-corrected chi connectivity index (χ4v) is 2.99. The Balaban J connectivity index is 3.06. The van der Waals surface area contributed by atoms with Gasteiger partial charge in [-0.25, -0.2) is 13.1 Å². The fraction of sp³-hybridized carbons (Fsp3) is 0.455. The molecule has 0 heterocycles. The quantitative estimate of drug-likeness (QED) is 0.807. The summed E-state index contributed by atoms with van der Waals surface area (Å²) >= 11 is 5.89. The van der Waals surface area contributed by atoms with Crippen LogP contribution in [0.25, 0.3) is 0 Å². The average molecular weight is 293 g/mol. The lowest BCUT2D eigenvalue weighted by Crippen LogP contribution is -2.35. The lowest BCUT2D eigenvalue weighted by atomic mass is 10.2. The van der Waals surface area contributed by atoms with Gasteiger partial charge in [0.25, 0.3) is 0 Å². The molecule has 18 heavy (non-hydrogen) atoms. The van der Waals surface area contributed by atoms with Gasteiger partial charge in [0.15, 0.2) is 0 Å². The molecule has 1 unspecified atom stereocenters. The van der Waals surface area contributed by atoms with Crippen molar-refractivity contribution in [3.8, 4) is 0 Å². The molecule has 102 valence electrons. The molecule has 0 aromatic heterocycles. The van der Waals surface area contributed by atoms with Gasteiger partial charge in [-0.05, 0) is 31.5 Å². The third kappa shape index (κ3) is 3.58. The highest BCUT2D eigenvalue weighted by atomic mass is 35.5. The summed E-state index contributed by atoms with van der Waals surface area (Å²) in [4.78, 5) is 0.102. The Morgan fingerprint density at radius 3 is 2.61 bits per heavy atom. The molecule has 1 aromatic carbocycles. The number of benzene rings is 1. The van der Waals surface area contributed by atoms with Crippen LogP contribution in [0.2, 0.25) is 5.02 Å². The van der Waals surface area contributed by atoms with Crippen LogP contribution >= 0.6 is 11.6 Å². The molecule has 5 nitrogen and oxygen atoms in total. The number of anilines is 1. The normalized spacial score (nSPS) is 13.6. The van der Waals surface area contributed by atoms with Gasteiger partial charge in [0.1, 0.15) is 0 Å². The molecule has 0 spiro atoms. The van der Waals surface area contributed by atoms with E-state index in [9.17, 15) is 8.42 Å². The number of hydrogen-bond acceptors (Lipinski definition) is 4. The van der Waals surface area contributed by atoms with E-state index in [1.807, 2.05) is 0 Å². The van der Waals surface area contributed by atoms with Crippen LogP contribution in [0, 0.1) is 6.92 Å². The molecule has 1 aromatic rings. The number of sulfonamides is 1. The summed E-state index contributed by atoms with van der Waals surface area (Å²) in [6.07, 6.45) is 0. The SMILES string of the molecule is COCC(C)NS(=O)(=O)c1cc(C)c(Cl)c(N)c1. The summed E-state index contributed by atoms with van der Waals surface area (Å²) in [5.41, 5.74) is 6.53. The monoisotopic (exact) mass is 292 g/mol. The van der Waals surface area contributed by atoms with E-state index in [1.165, 1.54) is 19.2 Å². The maximum atomic E-state index is 12.1. The first-order valence-electron chi connectivity index (χ1n) is 5.35. The van der Waals surface area contributed by atoms with Crippen LogP contribution in [0.4, 0.5) is 5.69 Å². The number of aryl methyl sites for hydroxylation is 1. The molecule has 1 atom stereocenters. The summed E-state index contributed by atoms with van der Waals surface area (Å²) < 4.78 is 31.5. The second-order valence-corrected chi connectivity index (χ2v) is 6.21. The highest BCUT2D eigenvalue weighted by Gasteiger charge is 2.19. The molecule has 0 saturated heterocycles. The Morgan fingerprint density at radius 2 is 2.11 bits per heavy atom. The van der Waals surface area contributed by atoms with Crippen LogP contribution < -0.4 is 10.5 Å². The second kappa shape index (κ2) is 5.88. The number of methoxy groups -OCH3 is 1. The maximum absolute atomic E-state index is 12.1. The largest absolute Gasteiger partial charge is 0.397 e. The topological polar surface area (TPSA) is 81.4 Å². The maximum Gasteiger partial charge on any atom is 0.240 e. The molecule has 3 N–H and O–H groups in total. The number of nitrogens with two attached hydrogens (primary N) is 1. The minimum atomic E-state index is -3.61. The first-order valence-corrected chi connectivity index (χ1v) is 7.21. The van der Waals surface area contributed by atoms with Crippen LogP contribution in [0.5, 0.6) is 0 Å². The summed E-state index contributed by atoms with van der Waals surface area (Å²) in [5.74, 6) is 0. The van der Waals surface area contributed by atoms with Crippen molar-refractivity contribution in [3.63, 3.8) is 0 Å². The summed E-state index contributed by atoms with van der Waals surface area (Å²) in [6.45, 7) is 3.71. The van der Waals surface area contributed by atoms with Crippen molar-refractivity contribution in [1.82, 2.24) is 4.72 Å². The van der Waals surface area contributed by atoms with Crippen LogP contribution in [0.3, 0.4) is 0 Å². The predicted molar refractivity (Wildman–Crippen MR) is 72.3 cm³/mol. The Hall–Kier alpha value is -0.820. The number of rotatable bonds is 5. The number of halogens is 1. The number of ether oxygens (including phenoxy) is 1. The number of hydrogen-bond donors (Lipinski definition) is 2. The standard InChI is InChI=1S/C11H17ClN2O3S/c1-7-4-9(5-10(13)11(7)12)18(15,16)14-8(2)6-17-3/h4-5,8,14H,6,13H2,1-3H3. The van der Waals surface area contributed by atoms with Crippen molar-refractivity contribution in [1.29, 1.82) is 0 Å². The van der Waals surface area contributed by atoms with Gasteiger partial charge in [0, 0.05) is 13.2 Å². The molecule has 0 aliphatic rings. The van der Waals surface area contributed by atoms with E-state index in [2.05, 4.69) is 4.72 Å². The molecule has 0 amide bonds. The minimum Gasteiger partial charge on any atom is -0.397 e. The third-order valence-electron chi connectivity index (χ3n) is 2.34. The van der Waals surface area contributed by atoms with Crippen molar-refractivity contribution in [3.05, 3.63) is 22.7 Å². The van der Waals surface area contributed by atoms with Crippen LogP contribution in [-0.2, 0) is 14.8 Å². The van der Waals surface area contributed by atoms with E-state index < -0.39 is 10.0 Å². The third-order valence-corrected chi connectivity index (χ3v) is 4.42. The van der Waals surface area contributed by atoms with Gasteiger partial charge in [-0.2, -0.15) is 0 Å². The van der Waals surface area contributed by atoms with Crippen molar-refractivity contribution in [2.75, 3.05) is 19.5 Å². The molecule has 0 bridgehead atoms. The van der Waals surface area contributed by atoms with Crippen molar-refractivity contribution >= 4 is 27.3 Å². The smallest absolute Gasteiger partial charge is 0.240 e. The van der Waals surface area contributed by atoms with Gasteiger partial charge in [-0.1, -0.05) is 11.6 Å². The molecule has 0 saturated carbocycles. The molecule has 0 aliphatic heterocycles. The molecule has 7 heteroatoms. The van der Waals surface area contributed by atoms with E-state index in [0.29, 0.717) is 17.2 Å². The van der Waals surface area contributed by atoms with E-state index >= 15 is 0 Å². The van der Waals surface area contributed by atoms with Gasteiger partial charge >= 0.3 is 0 Å². The van der Waals surface area contributed by atoms with Crippen molar-refractivity contribution in [2.24, 2.45) is 0 Å².